The molecule has 0 spiro atoms. The number of nitrogens with zero attached hydrogens (tertiary/aromatic N) is 1. The first-order chi connectivity index (χ1) is 10.1. The molecule has 2 aliphatic rings. The van der Waals surface area contributed by atoms with Crippen LogP contribution in [0.25, 0.3) is 0 Å². The summed E-state index contributed by atoms with van der Waals surface area (Å²) in [5, 5.41) is 12.3. The Morgan fingerprint density at radius 2 is 2.10 bits per heavy atom. The highest BCUT2D eigenvalue weighted by atomic mass is 16.5. The highest BCUT2D eigenvalue weighted by molar-refractivity contribution is 5.86. The first-order valence-electron chi connectivity index (χ1n) is 7.55. The summed E-state index contributed by atoms with van der Waals surface area (Å²) in [6.45, 7) is 1.71. The van der Waals surface area contributed by atoms with Crippen molar-refractivity contribution in [1.29, 1.82) is 0 Å². The minimum atomic E-state index is -1.08. The van der Waals surface area contributed by atoms with Crippen LogP contribution < -0.4 is 5.32 Å². The van der Waals surface area contributed by atoms with E-state index in [1.165, 1.54) is 5.57 Å². The molecule has 2 amide bonds. The minimum absolute atomic E-state index is 0.271. The Labute approximate surface area is 125 Å². The summed E-state index contributed by atoms with van der Waals surface area (Å²) >= 11 is 0. The van der Waals surface area contributed by atoms with Crippen molar-refractivity contribution >= 4 is 12.0 Å². The van der Waals surface area contributed by atoms with Gasteiger partial charge in [0.25, 0.3) is 0 Å². The molecule has 0 bridgehead atoms. The quantitative estimate of drug-likeness (QED) is 0.775. The molecule has 1 heterocycles. The van der Waals surface area contributed by atoms with Crippen LogP contribution in [0.15, 0.2) is 11.6 Å². The van der Waals surface area contributed by atoms with Gasteiger partial charge in [-0.3, -0.25) is 0 Å². The van der Waals surface area contributed by atoms with Crippen molar-refractivity contribution in [2.24, 2.45) is 0 Å². The monoisotopic (exact) mass is 296 g/mol. The number of carbonyl (C=O) groups is 2. The van der Waals surface area contributed by atoms with E-state index in [-0.39, 0.29) is 6.03 Å². The summed E-state index contributed by atoms with van der Waals surface area (Å²) in [6, 6.07) is -0.271. The summed E-state index contributed by atoms with van der Waals surface area (Å²) in [4.78, 5) is 25.6. The van der Waals surface area contributed by atoms with E-state index in [0.717, 1.165) is 25.7 Å². The maximum Gasteiger partial charge on any atom is 0.329 e. The van der Waals surface area contributed by atoms with Crippen molar-refractivity contribution in [3.8, 4) is 0 Å². The van der Waals surface area contributed by atoms with E-state index in [4.69, 9.17) is 4.74 Å². The van der Waals surface area contributed by atoms with Crippen LogP contribution in [0.4, 0.5) is 4.79 Å². The Bertz CT molecular complexity index is 427. The van der Waals surface area contributed by atoms with Crippen LogP contribution >= 0.6 is 0 Å². The van der Waals surface area contributed by atoms with Gasteiger partial charge in [0.1, 0.15) is 5.54 Å². The number of ether oxygens (including phenoxy) is 1. The molecule has 0 atom stereocenters. The molecule has 1 fully saturated rings. The number of rotatable bonds is 4. The second-order valence-corrected chi connectivity index (χ2v) is 5.87. The molecule has 0 aromatic heterocycles. The maximum absolute atomic E-state index is 12.3. The van der Waals surface area contributed by atoms with Crippen LogP contribution in [0.5, 0.6) is 0 Å². The number of carboxylic acid groups (broad SMARTS) is 1. The Morgan fingerprint density at radius 3 is 2.62 bits per heavy atom. The number of aliphatic carboxylic acids is 1. The average Bonchev–Trinajstić information content (AvgIpc) is 2.49. The zero-order valence-electron chi connectivity index (χ0n) is 12.6. The number of carboxylic acids is 1. The standard InChI is InChI=1S/C15H24N2O4/c1-21-11-12-5-9-17(10-6-12)14(20)16-15(13(18)19)7-3-2-4-8-15/h5H,2-4,6-11H2,1H3,(H,16,20)(H,18,19). The van der Waals surface area contributed by atoms with Crippen LogP contribution in [0.2, 0.25) is 0 Å². The number of methoxy groups -OCH3 is 1. The van der Waals surface area contributed by atoms with Gasteiger partial charge in [-0.05, 0) is 24.8 Å². The molecule has 1 saturated carbocycles. The smallest absolute Gasteiger partial charge is 0.329 e. The van der Waals surface area contributed by atoms with Crippen LogP contribution in [0, 0.1) is 0 Å². The summed E-state index contributed by atoms with van der Waals surface area (Å²) in [5.74, 6) is -0.914. The average molecular weight is 296 g/mol. The molecule has 1 aliphatic carbocycles. The Balaban J connectivity index is 1.96. The van der Waals surface area contributed by atoms with Crippen molar-refractivity contribution in [3.05, 3.63) is 11.6 Å². The van der Waals surface area contributed by atoms with Gasteiger partial charge in [0.05, 0.1) is 6.61 Å². The van der Waals surface area contributed by atoms with Gasteiger partial charge in [0.15, 0.2) is 0 Å². The fourth-order valence-corrected chi connectivity index (χ4v) is 3.04. The van der Waals surface area contributed by atoms with Gasteiger partial charge >= 0.3 is 12.0 Å². The van der Waals surface area contributed by atoms with Crippen molar-refractivity contribution in [3.63, 3.8) is 0 Å². The molecule has 0 unspecified atom stereocenters. The third kappa shape index (κ3) is 3.75. The SMILES string of the molecule is COCC1=CCN(C(=O)NC2(C(=O)O)CCCCC2)CC1. The number of hydrogen-bond acceptors (Lipinski definition) is 3. The molecule has 0 saturated heterocycles. The molecule has 0 aromatic carbocycles. The number of nitrogens with one attached hydrogen (secondary N) is 1. The second kappa shape index (κ2) is 6.93. The molecule has 2 N–H and O–H groups in total. The van der Waals surface area contributed by atoms with Gasteiger partial charge in [-0.1, -0.05) is 25.3 Å². The molecule has 0 radical (unpaired) electrons. The molecule has 118 valence electrons. The second-order valence-electron chi connectivity index (χ2n) is 5.87. The van der Waals surface area contributed by atoms with E-state index in [1.807, 2.05) is 6.08 Å². The fourth-order valence-electron chi connectivity index (χ4n) is 3.04. The summed E-state index contributed by atoms with van der Waals surface area (Å²) in [7, 11) is 1.65. The van der Waals surface area contributed by atoms with E-state index in [1.54, 1.807) is 12.0 Å². The predicted octanol–water partition coefficient (Wildman–Crippen LogP) is 1.76. The number of urea groups is 1. The van der Waals surface area contributed by atoms with Gasteiger partial charge in [-0.2, -0.15) is 0 Å². The van der Waals surface area contributed by atoms with Gasteiger partial charge in [-0.15, -0.1) is 0 Å². The Kier molecular flexibility index (Phi) is 5.22. The van der Waals surface area contributed by atoms with E-state index >= 15 is 0 Å². The van der Waals surface area contributed by atoms with Gasteiger partial charge in [0.2, 0.25) is 0 Å². The van der Waals surface area contributed by atoms with Crippen molar-refractivity contribution < 1.29 is 19.4 Å². The normalized spacial score (nSPS) is 21.6. The Morgan fingerprint density at radius 1 is 1.38 bits per heavy atom. The lowest BCUT2D eigenvalue weighted by Crippen LogP contribution is -2.59. The van der Waals surface area contributed by atoms with Crippen molar-refractivity contribution in [2.75, 3.05) is 26.8 Å². The summed E-state index contributed by atoms with van der Waals surface area (Å²) < 4.78 is 5.08. The molecule has 0 aromatic rings. The molecule has 2 rings (SSSR count). The third-order valence-corrected chi connectivity index (χ3v) is 4.38. The number of carbonyl (C=O) groups excluding carboxylic acids is 1. The van der Waals surface area contributed by atoms with Crippen molar-refractivity contribution in [2.45, 2.75) is 44.1 Å². The topological polar surface area (TPSA) is 78.9 Å². The summed E-state index contributed by atoms with van der Waals surface area (Å²) in [6.07, 6.45) is 6.55. The molecule has 21 heavy (non-hydrogen) atoms. The van der Waals surface area contributed by atoms with Crippen LogP contribution in [-0.4, -0.2) is 54.4 Å². The first kappa shape index (κ1) is 15.8. The fraction of sp³-hybridized carbons (Fsp3) is 0.733. The number of hydrogen-bond donors (Lipinski definition) is 2. The molecular formula is C15H24N2O4. The maximum atomic E-state index is 12.3. The zero-order chi connectivity index (χ0) is 15.3. The molecule has 6 heteroatoms. The molecule has 6 nitrogen and oxygen atoms in total. The van der Waals surface area contributed by atoms with Gasteiger partial charge in [-0.25, -0.2) is 9.59 Å². The van der Waals surface area contributed by atoms with Crippen LogP contribution in [0.1, 0.15) is 38.5 Å². The summed E-state index contributed by atoms with van der Waals surface area (Å²) in [5.41, 5.74) is 0.110. The highest BCUT2D eigenvalue weighted by Crippen LogP contribution is 2.29. The van der Waals surface area contributed by atoms with E-state index < -0.39 is 11.5 Å². The molecular weight excluding hydrogens is 272 g/mol. The van der Waals surface area contributed by atoms with Crippen LogP contribution in [0.3, 0.4) is 0 Å². The lowest BCUT2D eigenvalue weighted by Gasteiger charge is -2.36. The number of amides is 2. The van der Waals surface area contributed by atoms with Crippen LogP contribution in [-0.2, 0) is 9.53 Å². The lowest BCUT2D eigenvalue weighted by molar-refractivity contribution is -0.146. The zero-order valence-corrected chi connectivity index (χ0v) is 12.6. The largest absolute Gasteiger partial charge is 0.480 e. The van der Waals surface area contributed by atoms with Gasteiger partial charge < -0.3 is 20.1 Å². The molecule has 1 aliphatic heterocycles. The van der Waals surface area contributed by atoms with Crippen molar-refractivity contribution in [1.82, 2.24) is 10.2 Å². The third-order valence-electron chi connectivity index (χ3n) is 4.38. The minimum Gasteiger partial charge on any atom is -0.480 e. The van der Waals surface area contributed by atoms with E-state index in [0.29, 0.717) is 32.5 Å². The van der Waals surface area contributed by atoms with E-state index in [2.05, 4.69) is 5.32 Å². The first-order valence-corrected chi connectivity index (χ1v) is 7.55. The predicted molar refractivity (Wildman–Crippen MR) is 78.1 cm³/mol. The highest BCUT2D eigenvalue weighted by Gasteiger charge is 2.41. The Hall–Kier alpha value is -1.56. The van der Waals surface area contributed by atoms with Gasteiger partial charge in [0, 0.05) is 20.2 Å². The lowest BCUT2D eigenvalue weighted by atomic mass is 9.82. The van der Waals surface area contributed by atoms with E-state index in [9.17, 15) is 14.7 Å².